The predicted molar refractivity (Wildman–Crippen MR) is 166 cm³/mol. The third kappa shape index (κ3) is 4.97. The van der Waals surface area contributed by atoms with Crippen molar-refractivity contribution in [3.05, 3.63) is 129 Å². The number of hydrogen-bond donors (Lipinski definition) is 0. The molecule has 1 aliphatic carbocycles. The second-order valence-corrected chi connectivity index (χ2v) is 13.1. The van der Waals surface area contributed by atoms with Gasteiger partial charge in [0.05, 0.1) is 46.7 Å². The lowest BCUT2D eigenvalue weighted by molar-refractivity contribution is -0.901. The van der Waals surface area contributed by atoms with Gasteiger partial charge in [-0.2, -0.15) is 0 Å². The molecule has 0 saturated carbocycles. The third-order valence-corrected chi connectivity index (χ3v) is 9.16. The van der Waals surface area contributed by atoms with Crippen LogP contribution in [0, 0.1) is 13.8 Å². The van der Waals surface area contributed by atoms with Crippen LogP contribution in [-0.2, 0) is 18.5 Å². The molecular weight excluding hydrogens is 472 g/mol. The van der Waals surface area contributed by atoms with Crippen molar-refractivity contribution in [3.8, 4) is 11.1 Å². The molecule has 4 aromatic carbocycles. The average Bonchev–Trinajstić information content (AvgIpc) is 3.18. The maximum Gasteiger partial charge on any atom is 0.104 e. The lowest BCUT2D eigenvalue weighted by Crippen LogP contribution is -2.38. The number of nitrogens with zero attached hydrogens (tertiary/aromatic N) is 2. The van der Waals surface area contributed by atoms with Crippen LogP contribution in [0.1, 0.15) is 58.4 Å². The van der Waals surface area contributed by atoms with Gasteiger partial charge in [0.2, 0.25) is 0 Å². The van der Waals surface area contributed by atoms with Crippen molar-refractivity contribution in [1.82, 2.24) is 0 Å². The highest BCUT2D eigenvalue weighted by molar-refractivity contribution is 5.86. The molecule has 0 aliphatic heterocycles. The number of fused-ring (bicyclic) bond motifs is 3. The third-order valence-electron chi connectivity index (χ3n) is 9.16. The predicted octanol–water partition coefficient (Wildman–Crippen LogP) is 7.86. The molecule has 2 nitrogen and oxygen atoms in total. The molecule has 2 heteroatoms. The molecule has 0 N–H and O–H groups in total. The summed E-state index contributed by atoms with van der Waals surface area (Å²) in [4.78, 5) is 0. The van der Waals surface area contributed by atoms with Crippen LogP contribution in [0.2, 0.25) is 0 Å². The van der Waals surface area contributed by atoms with Gasteiger partial charge in [0.1, 0.15) is 13.1 Å². The van der Waals surface area contributed by atoms with Crippen LogP contribution in [-0.4, -0.2) is 50.2 Å². The van der Waals surface area contributed by atoms with Crippen molar-refractivity contribution >= 4 is 0 Å². The van der Waals surface area contributed by atoms with Gasteiger partial charge in [-0.15, -0.1) is 0 Å². The molecule has 0 spiro atoms. The van der Waals surface area contributed by atoms with Crippen molar-refractivity contribution in [2.75, 3.05) is 41.3 Å². The van der Waals surface area contributed by atoms with E-state index in [1.807, 2.05) is 0 Å². The Bertz CT molecular complexity index is 1360. The summed E-state index contributed by atoms with van der Waals surface area (Å²) in [7, 11) is 9.24. The van der Waals surface area contributed by atoms with Crippen molar-refractivity contribution < 1.29 is 8.97 Å². The summed E-state index contributed by atoms with van der Waals surface area (Å²) in [5, 5.41) is 0. The average molecular weight is 519 g/mol. The van der Waals surface area contributed by atoms with E-state index in [4.69, 9.17) is 0 Å². The molecule has 5 rings (SSSR count). The normalized spacial score (nSPS) is 14.3. The number of benzene rings is 4. The van der Waals surface area contributed by atoms with Crippen molar-refractivity contribution in [2.45, 2.75) is 46.2 Å². The van der Waals surface area contributed by atoms with Crippen LogP contribution in [0.3, 0.4) is 0 Å². The highest BCUT2D eigenvalue weighted by Gasteiger charge is 2.46. The summed E-state index contributed by atoms with van der Waals surface area (Å²) in [5.74, 6) is 0. The Balaban J connectivity index is 1.74. The van der Waals surface area contributed by atoms with E-state index >= 15 is 0 Å². The maximum absolute atomic E-state index is 2.43. The fraction of sp³-hybridized carbons (Fsp3) is 0.351. The van der Waals surface area contributed by atoms with Gasteiger partial charge in [-0.25, -0.2) is 0 Å². The van der Waals surface area contributed by atoms with Crippen molar-refractivity contribution in [3.63, 3.8) is 0 Å². The summed E-state index contributed by atoms with van der Waals surface area (Å²) >= 11 is 0. The minimum Gasteiger partial charge on any atom is -0.325 e. The van der Waals surface area contributed by atoms with Crippen LogP contribution in [0.5, 0.6) is 0 Å². The lowest BCUT2D eigenvalue weighted by Gasteiger charge is -2.35. The zero-order valence-electron chi connectivity index (χ0n) is 25.3. The topological polar surface area (TPSA) is 0 Å². The number of hydrogen-bond acceptors (Lipinski definition) is 0. The van der Waals surface area contributed by atoms with Crippen molar-refractivity contribution in [2.24, 2.45) is 0 Å². The quantitative estimate of drug-likeness (QED) is 0.183. The Morgan fingerprint density at radius 3 is 1.21 bits per heavy atom. The first-order valence-electron chi connectivity index (χ1n) is 14.5. The molecule has 0 saturated heterocycles. The van der Waals surface area contributed by atoms with Gasteiger partial charge < -0.3 is 8.97 Å². The second kappa shape index (κ2) is 10.1. The van der Waals surface area contributed by atoms with E-state index in [9.17, 15) is 0 Å². The first-order valence-corrected chi connectivity index (χ1v) is 14.5. The Morgan fingerprint density at radius 1 is 0.513 bits per heavy atom. The SMILES string of the molecule is CC[N+](C)(C)Cc1ccc(C2(c3ccc(C[N+](C)(C)CC)cc3)c3cc(C)ccc3-c3ccc(C)cc32)cc1. The molecule has 1 aliphatic rings. The van der Waals surface area contributed by atoms with E-state index in [1.54, 1.807) is 0 Å². The maximum atomic E-state index is 2.43. The van der Waals surface area contributed by atoms with E-state index in [0.29, 0.717) is 0 Å². The van der Waals surface area contributed by atoms with Gasteiger partial charge >= 0.3 is 0 Å². The van der Waals surface area contributed by atoms with Crippen LogP contribution in [0.25, 0.3) is 11.1 Å². The number of quaternary nitrogens is 2. The monoisotopic (exact) mass is 518 g/mol. The van der Waals surface area contributed by atoms with Crippen molar-refractivity contribution in [1.29, 1.82) is 0 Å². The van der Waals surface area contributed by atoms with Gasteiger partial charge in [0.25, 0.3) is 0 Å². The Kier molecular flexibility index (Phi) is 7.07. The molecule has 0 atom stereocenters. The molecule has 0 amide bonds. The van der Waals surface area contributed by atoms with Crippen LogP contribution in [0.15, 0.2) is 84.9 Å². The zero-order chi connectivity index (χ0) is 28.0. The Morgan fingerprint density at radius 2 is 0.872 bits per heavy atom. The molecule has 4 aromatic rings. The van der Waals surface area contributed by atoms with Crippen LogP contribution in [0.4, 0.5) is 0 Å². The molecule has 0 heterocycles. The largest absolute Gasteiger partial charge is 0.325 e. The highest BCUT2D eigenvalue weighted by atomic mass is 15.3. The Labute approximate surface area is 236 Å². The first-order chi connectivity index (χ1) is 18.5. The van der Waals surface area contributed by atoms with E-state index in [-0.39, 0.29) is 5.41 Å². The Hall–Kier alpha value is -3.20. The number of rotatable bonds is 8. The zero-order valence-corrected chi connectivity index (χ0v) is 25.3. The molecule has 0 unspecified atom stereocenters. The first kappa shape index (κ1) is 27.4. The van der Waals surface area contributed by atoms with Crippen LogP contribution >= 0.6 is 0 Å². The molecule has 39 heavy (non-hydrogen) atoms. The van der Waals surface area contributed by atoms with Crippen LogP contribution < -0.4 is 0 Å². The molecule has 0 bridgehead atoms. The summed E-state index contributed by atoms with van der Waals surface area (Å²) in [5.41, 5.74) is 13.3. The van der Waals surface area contributed by atoms with Gasteiger partial charge in [0.15, 0.2) is 0 Å². The summed E-state index contributed by atoms with van der Waals surface area (Å²) in [6.07, 6.45) is 0. The minimum atomic E-state index is -0.343. The second-order valence-electron chi connectivity index (χ2n) is 13.1. The number of aryl methyl sites for hydroxylation is 2. The van der Waals surface area contributed by atoms with E-state index in [2.05, 4.69) is 141 Å². The fourth-order valence-electron chi connectivity index (χ4n) is 6.27. The smallest absolute Gasteiger partial charge is 0.104 e. The van der Waals surface area contributed by atoms with Gasteiger partial charge in [-0.1, -0.05) is 96.1 Å². The fourth-order valence-corrected chi connectivity index (χ4v) is 6.27. The summed E-state index contributed by atoms with van der Waals surface area (Å²) in [6.45, 7) is 13.3. The summed E-state index contributed by atoms with van der Waals surface area (Å²) in [6, 6.07) is 33.1. The van der Waals surface area contributed by atoms with Gasteiger partial charge in [-0.3, -0.25) is 0 Å². The molecule has 202 valence electrons. The highest BCUT2D eigenvalue weighted by Crippen LogP contribution is 2.56. The molecular formula is C37H46N2+2. The minimum absolute atomic E-state index is 0.343. The van der Waals surface area contributed by atoms with E-state index in [1.165, 1.54) is 55.6 Å². The van der Waals surface area contributed by atoms with E-state index in [0.717, 1.165) is 35.1 Å². The van der Waals surface area contributed by atoms with Gasteiger partial charge in [-0.05, 0) is 61.1 Å². The van der Waals surface area contributed by atoms with Gasteiger partial charge in [0, 0.05) is 11.1 Å². The lowest BCUT2D eigenvalue weighted by atomic mass is 9.67. The molecule has 0 radical (unpaired) electrons. The molecule has 0 aromatic heterocycles. The standard InChI is InChI=1S/C37H46N2/c1-9-38(5,6)25-29-13-17-31(18-14-29)37(32-19-15-30(16-20-32)26-39(7,8)10-2)35-23-27(3)11-21-33(35)34-22-12-28(4)24-36(34)37/h11-24H,9-10,25-26H2,1-8H3/q+2. The van der Waals surface area contributed by atoms with E-state index < -0.39 is 0 Å². The molecule has 0 fully saturated rings. The summed E-state index contributed by atoms with van der Waals surface area (Å²) < 4.78 is 1.98.